The molecule has 0 aromatic heterocycles. The summed E-state index contributed by atoms with van der Waals surface area (Å²) in [5.41, 5.74) is 0. The van der Waals surface area contributed by atoms with Crippen molar-refractivity contribution in [3.05, 3.63) is 0 Å². The first-order valence-corrected chi connectivity index (χ1v) is 8.33. The highest BCUT2D eigenvalue weighted by Crippen LogP contribution is 2.23. The third-order valence-electron chi connectivity index (χ3n) is 3.70. The lowest BCUT2D eigenvalue weighted by atomic mass is 10.2. The largest absolute Gasteiger partial charge is 0.365 e. The Kier molecular flexibility index (Phi) is 5.83. The highest BCUT2D eigenvalue weighted by molar-refractivity contribution is 8.14. The van der Waals surface area contributed by atoms with Crippen LogP contribution in [0.5, 0.6) is 0 Å². The lowest BCUT2D eigenvalue weighted by molar-refractivity contribution is 0.288. The molecule has 0 aromatic rings. The van der Waals surface area contributed by atoms with Gasteiger partial charge in [0.2, 0.25) is 0 Å². The number of thioether (sulfide) groups is 1. The van der Waals surface area contributed by atoms with Gasteiger partial charge in [-0.3, -0.25) is 4.99 Å². The highest BCUT2D eigenvalue weighted by Gasteiger charge is 2.19. The van der Waals surface area contributed by atoms with Crippen LogP contribution in [0.4, 0.5) is 0 Å². The number of nitrogens with one attached hydrogen (secondary N) is 1. The average Bonchev–Trinajstić information content (AvgIpc) is 2.99. The molecule has 0 bridgehead atoms. The second kappa shape index (κ2) is 7.39. The number of nitrogens with zero attached hydrogens (tertiary/aromatic N) is 2. The number of hydrogen-bond acceptors (Lipinski definition) is 4. The van der Waals surface area contributed by atoms with E-state index in [2.05, 4.69) is 29.1 Å². The maximum absolute atomic E-state index is 4.59. The van der Waals surface area contributed by atoms with Crippen LogP contribution in [0.1, 0.15) is 39.5 Å². The molecule has 0 radical (unpaired) electrons. The predicted octanol–water partition coefficient (Wildman–Crippen LogP) is 2.58. The second-order valence-electron chi connectivity index (χ2n) is 5.67. The van der Waals surface area contributed by atoms with Gasteiger partial charge in [0, 0.05) is 18.3 Å². The first-order chi connectivity index (χ1) is 8.78. The maximum atomic E-state index is 4.59. The lowest BCUT2D eigenvalue weighted by Gasteiger charge is -2.20. The number of amidine groups is 1. The van der Waals surface area contributed by atoms with Crippen LogP contribution in [0.3, 0.4) is 0 Å². The Balaban J connectivity index is 1.59. The van der Waals surface area contributed by atoms with Crippen LogP contribution < -0.4 is 5.32 Å². The minimum atomic E-state index is 0.719. The van der Waals surface area contributed by atoms with Crippen LogP contribution in [0.2, 0.25) is 0 Å². The lowest BCUT2D eigenvalue weighted by Crippen LogP contribution is -2.33. The van der Waals surface area contributed by atoms with Gasteiger partial charge in [0.15, 0.2) is 5.17 Å². The predicted molar refractivity (Wildman–Crippen MR) is 81.4 cm³/mol. The fourth-order valence-electron chi connectivity index (χ4n) is 2.72. The number of rotatable bonds is 6. The van der Waals surface area contributed by atoms with Gasteiger partial charge in [-0.15, -0.1) is 0 Å². The van der Waals surface area contributed by atoms with E-state index in [4.69, 9.17) is 0 Å². The van der Waals surface area contributed by atoms with E-state index in [1.54, 1.807) is 0 Å². The van der Waals surface area contributed by atoms with Crippen LogP contribution in [-0.2, 0) is 0 Å². The molecule has 2 aliphatic rings. The van der Waals surface area contributed by atoms with Crippen LogP contribution >= 0.6 is 11.8 Å². The molecule has 2 unspecified atom stereocenters. The normalized spacial score (nSPS) is 26.3. The monoisotopic (exact) mass is 269 g/mol. The van der Waals surface area contributed by atoms with Gasteiger partial charge in [-0.25, -0.2) is 0 Å². The molecule has 0 spiro atoms. The first kappa shape index (κ1) is 14.2. The summed E-state index contributed by atoms with van der Waals surface area (Å²) in [6, 6.07) is 0. The topological polar surface area (TPSA) is 27.6 Å². The minimum absolute atomic E-state index is 0.719. The van der Waals surface area contributed by atoms with E-state index in [1.165, 1.54) is 50.5 Å². The third kappa shape index (κ3) is 4.47. The molecule has 2 atom stereocenters. The highest BCUT2D eigenvalue weighted by atomic mass is 32.2. The molecule has 104 valence electrons. The first-order valence-electron chi connectivity index (χ1n) is 7.45. The standard InChI is InChI=1S/C14H27N3S/c1-3-6-13-10-16-14(18-13)15-9-12(2)11-17-7-4-5-8-17/h12-13H,3-11H2,1-2H3,(H,15,16). The average molecular weight is 269 g/mol. The quantitative estimate of drug-likeness (QED) is 0.803. The van der Waals surface area contributed by atoms with Crippen molar-refractivity contribution in [1.29, 1.82) is 0 Å². The van der Waals surface area contributed by atoms with E-state index in [1.807, 2.05) is 11.8 Å². The summed E-state index contributed by atoms with van der Waals surface area (Å²) in [7, 11) is 0. The molecule has 3 nitrogen and oxygen atoms in total. The van der Waals surface area contributed by atoms with Crippen LogP contribution in [0.15, 0.2) is 4.99 Å². The zero-order valence-electron chi connectivity index (χ0n) is 11.8. The van der Waals surface area contributed by atoms with Gasteiger partial charge in [0.25, 0.3) is 0 Å². The van der Waals surface area contributed by atoms with Gasteiger partial charge >= 0.3 is 0 Å². The maximum Gasteiger partial charge on any atom is 0.156 e. The smallest absolute Gasteiger partial charge is 0.156 e. The molecule has 0 saturated carbocycles. The van der Waals surface area contributed by atoms with Gasteiger partial charge in [-0.1, -0.05) is 32.0 Å². The zero-order chi connectivity index (χ0) is 12.8. The van der Waals surface area contributed by atoms with Gasteiger partial charge < -0.3 is 10.2 Å². The summed E-state index contributed by atoms with van der Waals surface area (Å²) in [5.74, 6) is 0.719. The molecule has 0 aromatic carbocycles. The molecule has 1 N–H and O–H groups in total. The molecule has 2 aliphatic heterocycles. The van der Waals surface area contributed by atoms with Gasteiger partial charge in [-0.05, 0) is 38.3 Å². The van der Waals surface area contributed by atoms with E-state index < -0.39 is 0 Å². The van der Waals surface area contributed by atoms with E-state index >= 15 is 0 Å². The molecule has 4 heteroatoms. The molecule has 0 amide bonds. The molecule has 1 saturated heterocycles. The van der Waals surface area contributed by atoms with Crippen molar-refractivity contribution >= 4 is 16.9 Å². The molecule has 18 heavy (non-hydrogen) atoms. The van der Waals surface area contributed by atoms with E-state index in [9.17, 15) is 0 Å². The molecule has 0 aliphatic carbocycles. The van der Waals surface area contributed by atoms with Crippen molar-refractivity contribution in [2.75, 3.05) is 32.7 Å². The van der Waals surface area contributed by atoms with Crippen LogP contribution in [0.25, 0.3) is 0 Å². The summed E-state index contributed by atoms with van der Waals surface area (Å²) >= 11 is 1.95. The summed E-state index contributed by atoms with van der Waals surface area (Å²) < 4.78 is 0. The number of aliphatic imine (C=N–C) groups is 1. The Morgan fingerprint density at radius 2 is 2.22 bits per heavy atom. The Morgan fingerprint density at radius 1 is 1.44 bits per heavy atom. The second-order valence-corrected chi connectivity index (χ2v) is 6.96. The SMILES string of the molecule is CCCC1CN=C(NCC(C)CN2CCCC2)S1. The van der Waals surface area contributed by atoms with Gasteiger partial charge in [-0.2, -0.15) is 0 Å². The van der Waals surface area contributed by atoms with Crippen molar-refractivity contribution in [1.82, 2.24) is 10.2 Å². The summed E-state index contributed by atoms with van der Waals surface area (Å²) in [6.45, 7) is 10.5. The summed E-state index contributed by atoms with van der Waals surface area (Å²) in [6.07, 6.45) is 5.34. The van der Waals surface area contributed by atoms with Gasteiger partial charge in [0.05, 0.1) is 6.54 Å². The Labute approximate surface area is 116 Å². The van der Waals surface area contributed by atoms with Crippen molar-refractivity contribution in [3.63, 3.8) is 0 Å². The number of likely N-dealkylation sites (tertiary alicyclic amines) is 1. The molecule has 2 heterocycles. The van der Waals surface area contributed by atoms with Crippen molar-refractivity contribution in [2.45, 2.75) is 44.8 Å². The fraction of sp³-hybridized carbons (Fsp3) is 0.929. The summed E-state index contributed by atoms with van der Waals surface area (Å²) in [5, 5.41) is 5.44. The van der Waals surface area contributed by atoms with Crippen molar-refractivity contribution < 1.29 is 0 Å². The van der Waals surface area contributed by atoms with Gasteiger partial charge in [0.1, 0.15) is 0 Å². The zero-order valence-corrected chi connectivity index (χ0v) is 12.6. The van der Waals surface area contributed by atoms with E-state index in [0.29, 0.717) is 0 Å². The van der Waals surface area contributed by atoms with Crippen LogP contribution in [0, 0.1) is 5.92 Å². The Morgan fingerprint density at radius 3 is 2.94 bits per heavy atom. The number of hydrogen-bond donors (Lipinski definition) is 1. The van der Waals surface area contributed by atoms with Crippen molar-refractivity contribution in [2.24, 2.45) is 10.9 Å². The Bertz CT molecular complexity index is 274. The Hall–Kier alpha value is -0.220. The van der Waals surface area contributed by atoms with E-state index in [0.717, 1.165) is 24.3 Å². The summed E-state index contributed by atoms with van der Waals surface area (Å²) in [4.78, 5) is 7.19. The third-order valence-corrected chi connectivity index (χ3v) is 4.91. The van der Waals surface area contributed by atoms with E-state index in [-0.39, 0.29) is 0 Å². The molecule has 2 rings (SSSR count). The van der Waals surface area contributed by atoms with Crippen LogP contribution in [-0.4, -0.2) is 48.0 Å². The molecule has 1 fully saturated rings. The van der Waals surface area contributed by atoms with Crippen molar-refractivity contribution in [3.8, 4) is 0 Å². The molecular weight excluding hydrogens is 242 g/mol. The molecular formula is C14H27N3S. The fourth-order valence-corrected chi connectivity index (χ4v) is 3.85. The minimum Gasteiger partial charge on any atom is -0.365 e.